The zero-order valence-corrected chi connectivity index (χ0v) is 15.2. The number of rotatable bonds is 5. The minimum atomic E-state index is -4.87. The molecule has 30 heavy (non-hydrogen) atoms. The number of nitrogens with zero attached hydrogens (tertiary/aromatic N) is 2. The fourth-order valence-electron chi connectivity index (χ4n) is 2.63. The predicted molar refractivity (Wildman–Crippen MR) is 102 cm³/mol. The summed E-state index contributed by atoms with van der Waals surface area (Å²) in [5.74, 6) is -2.59. The Labute approximate surface area is 167 Å². The number of aromatic nitrogens is 2. The molecule has 0 aliphatic heterocycles. The highest BCUT2D eigenvalue weighted by molar-refractivity contribution is 6.06. The Bertz CT molecular complexity index is 1110. The van der Waals surface area contributed by atoms with Gasteiger partial charge in [0.2, 0.25) is 5.91 Å². The van der Waals surface area contributed by atoms with Gasteiger partial charge >= 0.3 is 6.18 Å². The highest BCUT2D eigenvalue weighted by atomic mass is 19.4. The van der Waals surface area contributed by atoms with Gasteiger partial charge in [-0.2, -0.15) is 18.3 Å². The van der Waals surface area contributed by atoms with Gasteiger partial charge in [-0.25, -0.2) is 9.07 Å². The van der Waals surface area contributed by atoms with E-state index < -0.39 is 35.1 Å². The van der Waals surface area contributed by atoms with Crippen molar-refractivity contribution in [2.75, 3.05) is 10.6 Å². The zero-order valence-electron chi connectivity index (χ0n) is 15.2. The smallest absolute Gasteiger partial charge is 0.322 e. The van der Waals surface area contributed by atoms with Crippen molar-refractivity contribution in [3.05, 3.63) is 84.5 Å². The van der Waals surface area contributed by atoms with Crippen LogP contribution in [-0.2, 0) is 11.0 Å². The van der Waals surface area contributed by atoms with E-state index in [9.17, 15) is 27.2 Å². The van der Waals surface area contributed by atoms with Crippen molar-refractivity contribution in [1.29, 1.82) is 0 Å². The summed E-state index contributed by atoms with van der Waals surface area (Å²) in [6.07, 6.45) is -3.15. The van der Waals surface area contributed by atoms with Crippen LogP contribution < -0.4 is 10.6 Å². The molecule has 0 bridgehead atoms. The van der Waals surface area contributed by atoms with E-state index >= 15 is 0 Å². The van der Waals surface area contributed by atoms with E-state index in [1.165, 1.54) is 24.3 Å². The third kappa shape index (κ3) is 4.37. The summed E-state index contributed by atoms with van der Waals surface area (Å²) >= 11 is 0. The molecule has 3 aromatic rings. The number of para-hydroxylation sites is 1. The first-order valence-corrected chi connectivity index (χ1v) is 8.45. The number of nitrogens with one attached hydrogen (secondary N) is 2. The summed E-state index contributed by atoms with van der Waals surface area (Å²) in [7, 11) is 0. The van der Waals surface area contributed by atoms with Crippen LogP contribution in [0, 0.1) is 5.82 Å². The zero-order chi connectivity index (χ0) is 21.9. The van der Waals surface area contributed by atoms with Gasteiger partial charge in [0.05, 0.1) is 23.1 Å². The number of anilines is 2. The quantitative estimate of drug-likeness (QED) is 0.476. The molecule has 2 N–H and O–H groups in total. The second kappa shape index (κ2) is 8.19. The van der Waals surface area contributed by atoms with Gasteiger partial charge in [0.25, 0.3) is 5.91 Å². The van der Waals surface area contributed by atoms with E-state index in [1.807, 2.05) is 0 Å². The van der Waals surface area contributed by atoms with Crippen molar-refractivity contribution in [1.82, 2.24) is 9.78 Å². The molecule has 0 fully saturated rings. The fourth-order valence-corrected chi connectivity index (χ4v) is 2.63. The van der Waals surface area contributed by atoms with Crippen LogP contribution >= 0.6 is 0 Å². The molecular formula is C20H14F4N4O2. The summed E-state index contributed by atoms with van der Waals surface area (Å²) in [4.78, 5) is 23.9. The van der Waals surface area contributed by atoms with Crippen LogP contribution in [0.25, 0.3) is 5.69 Å². The van der Waals surface area contributed by atoms with Gasteiger partial charge < -0.3 is 10.6 Å². The summed E-state index contributed by atoms with van der Waals surface area (Å²) in [6, 6.07) is 10.7. The molecule has 0 saturated heterocycles. The minimum absolute atomic E-state index is 0.0265. The Kier molecular flexibility index (Phi) is 5.67. The van der Waals surface area contributed by atoms with Crippen LogP contribution in [0.15, 0.2) is 67.4 Å². The topological polar surface area (TPSA) is 76.0 Å². The first kappa shape index (κ1) is 20.8. The fraction of sp³-hybridized carbons (Fsp3) is 0.0500. The lowest BCUT2D eigenvalue weighted by Gasteiger charge is -2.13. The summed E-state index contributed by atoms with van der Waals surface area (Å²) in [6.45, 7) is 3.24. The summed E-state index contributed by atoms with van der Waals surface area (Å²) in [5.41, 5.74) is -2.14. The normalized spacial score (nSPS) is 11.1. The predicted octanol–water partition coefficient (Wildman–Crippen LogP) is 4.41. The van der Waals surface area contributed by atoms with Gasteiger partial charge in [0.1, 0.15) is 5.82 Å². The van der Waals surface area contributed by atoms with E-state index in [1.54, 1.807) is 6.07 Å². The molecule has 0 unspecified atom stereocenters. The van der Waals surface area contributed by atoms with Gasteiger partial charge in [0, 0.05) is 5.69 Å². The number of carbonyl (C=O) groups is 2. The molecule has 0 saturated carbocycles. The third-order valence-corrected chi connectivity index (χ3v) is 3.95. The molecule has 10 heteroatoms. The van der Waals surface area contributed by atoms with Crippen molar-refractivity contribution in [3.63, 3.8) is 0 Å². The molecule has 2 aromatic carbocycles. The number of alkyl halides is 3. The molecule has 0 aliphatic carbocycles. The van der Waals surface area contributed by atoms with Crippen molar-refractivity contribution in [2.45, 2.75) is 6.18 Å². The van der Waals surface area contributed by atoms with Crippen LogP contribution in [0.4, 0.5) is 28.9 Å². The molecule has 2 amide bonds. The Hall–Kier alpha value is -3.95. The first-order chi connectivity index (χ1) is 14.2. The lowest BCUT2D eigenvalue weighted by atomic mass is 10.2. The van der Waals surface area contributed by atoms with Crippen LogP contribution in [0.3, 0.4) is 0 Å². The Balaban J connectivity index is 1.95. The SMILES string of the molecule is C=CC(=O)Nc1cc(NC(=O)c2cnn(-c3ccccc3)c2C(F)(F)F)ccc1F. The average molecular weight is 418 g/mol. The van der Waals surface area contributed by atoms with E-state index in [2.05, 4.69) is 22.3 Å². The van der Waals surface area contributed by atoms with Crippen LogP contribution in [0.5, 0.6) is 0 Å². The van der Waals surface area contributed by atoms with Crippen LogP contribution in [-0.4, -0.2) is 21.6 Å². The molecule has 1 heterocycles. The lowest BCUT2D eigenvalue weighted by molar-refractivity contribution is -0.143. The second-order valence-corrected chi connectivity index (χ2v) is 5.99. The third-order valence-electron chi connectivity index (χ3n) is 3.95. The molecular weight excluding hydrogens is 404 g/mol. The van der Waals surface area contributed by atoms with Gasteiger partial charge in [0.15, 0.2) is 5.69 Å². The average Bonchev–Trinajstić information content (AvgIpc) is 3.17. The van der Waals surface area contributed by atoms with Crippen molar-refractivity contribution in [2.24, 2.45) is 0 Å². The number of carbonyl (C=O) groups excluding carboxylic acids is 2. The van der Waals surface area contributed by atoms with Crippen LogP contribution in [0.1, 0.15) is 16.1 Å². The monoisotopic (exact) mass is 418 g/mol. The van der Waals surface area contributed by atoms with Crippen molar-refractivity contribution < 1.29 is 27.2 Å². The Morgan fingerprint density at radius 1 is 1.07 bits per heavy atom. The van der Waals surface area contributed by atoms with Gasteiger partial charge in [-0.15, -0.1) is 0 Å². The lowest BCUT2D eigenvalue weighted by Crippen LogP contribution is -2.21. The molecule has 1 aromatic heterocycles. The van der Waals surface area contributed by atoms with E-state index in [4.69, 9.17) is 0 Å². The molecule has 3 rings (SSSR count). The largest absolute Gasteiger partial charge is 0.434 e. The Morgan fingerprint density at radius 2 is 1.77 bits per heavy atom. The number of benzene rings is 2. The molecule has 0 atom stereocenters. The maximum atomic E-state index is 13.8. The molecule has 0 radical (unpaired) electrons. The van der Waals surface area contributed by atoms with Gasteiger partial charge in [-0.3, -0.25) is 9.59 Å². The van der Waals surface area contributed by atoms with Gasteiger partial charge in [-0.1, -0.05) is 24.8 Å². The highest BCUT2D eigenvalue weighted by Crippen LogP contribution is 2.34. The number of hydrogen-bond acceptors (Lipinski definition) is 3. The minimum Gasteiger partial charge on any atom is -0.322 e. The number of amides is 2. The maximum Gasteiger partial charge on any atom is 0.434 e. The summed E-state index contributed by atoms with van der Waals surface area (Å²) < 4.78 is 55.5. The van der Waals surface area contributed by atoms with Gasteiger partial charge in [-0.05, 0) is 36.4 Å². The summed E-state index contributed by atoms with van der Waals surface area (Å²) in [5, 5.41) is 8.16. The highest BCUT2D eigenvalue weighted by Gasteiger charge is 2.40. The van der Waals surface area contributed by atoms with E-state index in [0.29, 0.717) is 4.68 Å². The first-order valence-electron chi connectivity index (χ1n) is 8.45. The maximum absolute atomic E-state index is 13.8. The molecule has 0 aliphatic rings. The standard InChI is InChI=1S/C20H14F4N4O2/c1-2-17(29)27-16-10-12(8-9-15(16)21)26-19(30)14-11-25-28(18(14)20(22,23)24)13-6-4-3-5-7-13/h2-11H,1H2,(H,26,30)(H,27,29). The number of halogens is 4. The molecule has 6 nitrogen and oxygen atoms in total. The van der Waals surface area contributed by atoms with E-state index in [0.717, 1.165) is 30.5 Å². The van der Waals surface area contributed by atoms with Crippen LogP contribution in [0.2, 0.25) is 0 Å². The Morgan fingerprint density at radius 3 is 2.40 bits per heavy atom. The van der Waals surface area contributed by atoms with E-state index in [-0.39, 0.29) is 17.1 Å². The van der Waals surface area contributed by atoms with Crippen molar-refractivity contribution in [3.8, 4) is 5.69 Å². The second-order valence-electron chi connectivity index (χ2n) is 5.99. The van der Waals surface area contributed by atoms with Crippen molar-refractivity contribution >= 4 is 23.2 Å². The molecule has 154 valence electrons. The number of hydrogen-bond donors (Lipinski definition) is 2. The molecule has 0 spiro atoms.